The number of hydrogen-bond acceptors (Lipinski definition) is 3. The summed E-state index contributed by atoms with van der Waals surface area (Å²) >= 11 is 0. The number of nitrogens with one attached hydrogen (secondary N) is 1. The van der Waals surface area contributed by atoms with Gasteiger partial charge in [0.05, 0.1) is 0 Å². The zero-order valence-electron chi connectivity index (χ0n) is 12.7. The van der Waals surface area contributed by atoms with Gasteiger partial charge in [-0.2, -0.15) is 0 Å². The molecule has 114 valence electrons. The summed E-state index contributed by atoms with van der Waals surface area (Å²) in [5.41, 5.74) is 1.66. The molecule has 2 rings (SSSR count). The van der Waals surface area contributed by atoms with Crippen LogP contribution in [0, 0.1) is 0 Å². The topological polar surface area (TPSA) is 49.4 Å². The molecule has 1 N–H and O–H groups in total. The van der Waals surface area contributed by atoms with Crippen molar-refractivity contribution in [1.29, 1.82) is 0 Å². The highest BCUT2D eigenvalue weighted by Gasteiger charge is 2.14. The monoisotopic (exact) mass is 288 g/mol. The molecule has 0 aromatic heterocycles. The molecular weight excluding hydrogens is 264 g/mol. The van der Waals surface area contributed by atoms with E-state index in [4.69, 9.17) is 0 Å². The summed E-state index contributed by atoms with van der Waals surface area (Å²) in [5.74, 6) is 0.308. The molecule has 0 unspecified atom stereocenters. The van der Waals surface area contributed by atoms with E-state index in [1.165, 1.54) is 12.8 Å². The summed E-state index contributed by atoms with van der Waals surface area (Å²) < 4.78 is 0. The van der Waals surface area contributed by atoms with E-state index in [-0.39, 0.29) is 11.7 Å². The minimum atomic E-state index is 0.0675. The van der Waals surface area contributed by atoms with Crippen molar-refractivity contribution in [3.05, 3.63) is 29.8 Å². The lowest BCUT2D eigenvalue weighted by Crippen LogP contribution is -2.32. The zero-order chi connectivity index (χ0) is 15.1. The second kappa shape index (κ2) is 7.81. The van der Waals surface area contributed by atoms with E-state index in [1.54, 1.807) is 19.1 Å². The maximum atomic E-state index is 12.1. The molecule has 1 aliphatic rings. The van der Waals surface area contributed by atoms with E-state index in [2.05, 4.69) is 5.32 Å². The largest absolute Gasteiger partial charge is 0.385 e. The van der Waals surface area contributed by atoms with E-state index in [1.807, 2.05) is 17.0 Å². The Labute approximate surface area is 126 Å². The van der Waals surface area contributed by atoms with Gasteiger partial charge in [0.1, 0.15) is 0 Å². The number of carbonyl (C=O) groups is 2. The van der Waals surface area contributed by atoms with Gasteiger partial charge in [0.2, 0.25) is 5.91 Å². The van der Waals surface area contributed by atoms with Crippen LogP contribution in [0.1, 0.15) is 49.4 Å². The smallest absolute Gasteiger partial charge is 0.224 e. The van der Waals surface area contributed by atoms with E-state index >= 15 is 0 Å². The van der Waals surface area contributed by atoms with Gasteiger partial charge in [-0.3, -0.25) is 9.59 Å². The quantitative estimate of drug-likeness (QED) is 0.847. The highest BCUT2D eigenvalue weighted by Crippen LogP contribution is 2.12. The molecule has 0 radical (unpaired) electrons. The molecule has 1 amide bonds. The summed E-state index contributed by atoms with van der Waals surface area (Å²) in [4.78, 5) is 25.3. The van der Waals surface area contributed by atoms with Crippen molar-refractivity contribution < 1.29 is 9.59 Å². The van der Waals surface area contributed by atoms with Crippen LogP contribution in [0.25, 0.3) is 0 Å². The highest BCUT2D eigenvalue weighted by atomic mass is 16.2. The molecule has 0 saturated carbocycles. The van der Waals surface area contributed by atoms with Gasteiger partial charge in [0.25, 0.3) is 0 Å². The Balaban J connectivity index is 1.75. The fraction of sp³-hybridized carbons (Fsp3) is 0.529. The molecule has 1 fully saturated rings. The van der Waals surface area contributed by atoms with Crippen LogP contribution in [0.4, 0.5) is 5.69 Å². The molecule has 0 bridgehead atoms. The summed E-state index contributed by atoms with van der Waals surface area (Å²) in [7, 11) is 0. The first kappa shape index (κ1) is 15.5. The van der Waals surface area contributed by atoms with Crippen molar-refractivity contribution in [2.75, 3.05) is 25.0 Å². The third-order valence-corrected chi connectivity index (χ3v) is 3.92. The first-order chi connectivity index (χ1) is 10.2. The molecular formula is C17H24N2O2. The average molecular weight is 288 g/mol. The fourth-order valence-electron chi connectivity index (χ4n) is 2.61. The third kappa shape index (κ3) is 4.88. The Bertz CT molecular complexity index is 474. The van der Waals surface area contributed by atoms with Gasteiger partial charge in [-0.15, -0.1) is 0 Å². The van der Waals surface area contributed by atoms with Gasteiger partial charge in [0, 0.05) is 37.3 Å². The lowest BCUT2D eigenvalue weighted by atomic mass is 10.1. The van der Waals surface area contributed by atoms with Crippen LogP contribution in [0.15, 0.2) is 24.3 Å². The summed E-state index contributed by atoms with van der Waals surface area (Å²) in [6.07, 6.45) is 5.26. The highest BCUT2D eigenvalue weighted by molar-refractivity contribution is 5.94. The molecule has 1 aromatic rings. The molecule has 0 spiro atoms. The number of nitrogens with zero attached hydrogens (tertiary/aromatic N) is 1. The summed E-state index contributed by atoms with van der Waals surface area (Å²) in [6.45, 7) is 4.01. The molecule has 4 nitrogen and oxygen atoms in total. The van der Waals surface area contributed by atoms with Crippen LogP contribution in [0.5, 0.6) is 0 Å². The van der Waals surface area contributed by atoms with E-state index in [9.17, 15) is 9.59 Å². The van der Waals surface area contributed by atoms with Crippen molar-refractivity contribution >= 4 is 17.4 Å². The van der Waals surface area contributed by atoms with Crippen LogP contribution < -0.4 is 5.32 Å². The van der Waals surface area contributed by atoms with Gasteiger partial charge in [-0.25, -0.2) is 0 Å². The summed E-state index contributed by atoms with van der Waals surface area (Å²) in [6, 6.07) is 7.38. The van der Waals surface area contributed by atoms with Gasteiger partial charge in [-0.05, 0) is 44.0 Å². The SMILES string of the molecule is CC(=O)c1ccc(NCCC(=O)N2CCCCCC2)cc1. The fourth-order valence-corrected chi connectivity index (χ4v) is 2.61. The lowest BCUT2D eigenvalue weighted by Gasteiger charge is -2.20. The van der Waals surface area contributed by atoms with Crippen LogP contribution in [0.3, 0.4) is 0 Å². The number of amides is 1. The first-order valence-electron chi connectivity index (χ1n) is 7.79. The van der Waals surface area contributed by atoms with Crippen molar-refractivity contribution in [2.24, 2.45) is 0 Å². The predicted molar refractivity (Wildman–Crippen MR) is 84.6 cm³/mol. The van der Waals surface area contributed by atoms with Crippen molar-refractivity contribution in [1.82, 2.24) is 4.90 Å². The van der Waals surface area contributed by atoms with Gasteiger partial charge in [-0.1, -0.05) is 12.8 Å². The van der Waals surface area contributed by atoms with Crippen molar-refractivity contribution in [3.8, 4) is 0 Å². The second-order valence-corrected chi connectivity index (χ2v) is 5.61. The number of rotatable bonds is 5. The van der Waals surface area contributed by atoms with E-state index < -0.39 is 0 Å². The Kier molecular flexibility index (Phi) is 5.78. The lowest BCUT2D eigenvalue weighted by molar-refractivity contribution is -0.130. The maximum absolute atomic E-state index is 12.1. The Morgan fingerprint density at radius 2 is 1.67 bits per heavy atom. The number of Topliss-reactive ketones (excluding diaryl/α,β-unsaturated/α-hetero) is 1. The Morgan fingerprint density at radius 3 is 2.24 bits per heavy atom. The Hall–Kier alpha value is -1.84. The molecule has 0 aliphatic carbocycles. The van der Waals surface area contributed by atoms with E-state index in [0.29, 0.717) is 18.5 Å². The normalized spacial score (nSPS) is 15.4. The number of ketones is 1. The number of hydrogen-bond donors (Lipinski definition) is 1. The number of likely N-dealkylation sites (tertiary alicyclic amines) is 1. The second-order valence-electron chi connectivity index (χ2n) is 5.61. The van der Waals surface area contributed by atoms with Crippen LogP contribution >= 0.6 is 0 Å². The van der Waals surface area contributed by atoms with Gasteiger partial charge >= 0.3 is 0 Å². The maximum Gasteiger partial charge on any atom is 0.224 e. The molecule has 1 aromatic carbocycles. The van der Waals surface area contributed by atoms with Gasteiger partial charge in [0.15, 0.2) is 5.78 Å². The predicted octanol–water partition coefficient (Wildman–Crippen LogP) is 3.09. The number of anilines is 1. The zero-order valence-corrected chi connectivity index (χ0v) is 12.7. The third-order valence-electron chi connectivity index (χ3n) is 3.92. The average Bonchev–Trinajstić information content (AvgIpc) is 2.77. The molecule has 1 aliphatic heterocycles. The molecule has 0 atom stereocenters. The molecule has 21 heavy (non-hydrogen) atoms. The van der Waals surface area contributed by atoms with Crippen LogP contribution in [-0.4, -0.2) is 36.2 Å². The van der Waals surface area contributed by atoms with Crippen LogP contribution in [0.2, 0.25) is 0 Å². The minimum Gasteiger partial charge on any atom is -0.385 e. The molecule has 4 heteroatoms. The molecule has 1 heterocycles. The van der Waals surface area contributed by atoms with Crippen LogP contribution in [-0.2, 0) is 4.79 Å². The number of benzene rings is 1. The standard InChI is InChI=1S/C17H24N2O2/c1-14(20)15-6-8-16(9-7-15)18-11-10-17(21)19-12-4-2-3-5-13-19/h6-9,18H,2-5,10-13H2,1H3. The van der Waals surface area contributed by atoms with E-state index in [0.717, 1.165) is 31.6 Å². The molecule has 1 saturated heterocycles. The van der Waals surface area contributed by atoms with Gasteiger partial charge < -0.3 is 10.2 Å². The number of carbonyl (C=O) groups excluding carboxylic acids is 2. The first-order valence-corrected chi connectivity index (χ1v) is 7.79. The summed E-state index contributed by atoms with van der Waals surface area (Å²) in [5, 5.41) is 3.24. The Morgan fingerprint density at radius 1 is 1.05 bits per heavy atom. The van der Waals surface area contributed by atoms with Crippen molar-refractivity contribution in [3.63, 3.8) is 0 Å². The minimum absolute atomic E-state index is 0.0675. The van der Waals surface area contributed by atoms with Crippen molar-refractivity contribution in [2.45, 2.75) is 39.0 Å².